The van der Waals surface area contributed by atoms with E-state index < -0.39 is 127 Å². The lowest BCUT2D eigenvalue weighted by Crippen LogP contribution is -2.24. The third kappa shape index (κ3) is 4.71. The molecule has 0 amide bonds. The van der Waals surface area contributed by atoms with E-state index in [9.17, 15) is 88.6 Å². The van der Waals surface area contributed by atoms with Gasteiger partial charge in [-0.25, -0.2) is 52.7 Å². The molecule has 20 heteroatoms. The molecule has 0 saturated heterocycles. The fourth-order valence-corrected chi connectivity index (χ4v) is 3.44. The van der Waals surface area contributed by atoms with Crippen LogP contribution in [0, 0.1) is 69.8 Å². The molecular weight excluding hydrogens is 638 g/mol. The number of rotatable bonds is 4. The second kappa shape index (κ2) is 10.2. The van der Waals surface area contributed by atoms with Crippen molar-refractivity contribution in [3.8, 4) is 0 Å². The van der Waals surface area contributed by atoms with Gasteiger partial charge in [-0.3, -0.25) is 9.59 Å². The number of benzene rings is 3. The minimum absolute atomic E-state index is 2.92. The monoisotopic (exact) mass is 638 g/mol. The van der Waals surface area contributed by atoms with Crippen LogP contribution in [-0.4, -0.2) is 11.6 Å². The minimum Gasteiger partial charge on any atom is -0.288 e. The average molecular weight is 638 g/mol. The van der Waals surface area contributed by atoms with Crippen LogP contribution in [0.4, 0.5) is 79.0 Å². The summed E-state index contributed by atoms with van der Waals surface area (Å²) < 4.78 is 246. The predicted octanol–water partition coefficient (Wildman–Crippen LogP) is 7.86. The number of hydrogen-bond acceptors (Lipinski definition) is 2. The number of hydrogen-bond donors (Lipinski definition) is 0. The van der Waals surface area contributed by atoms with Crippen LogP contribution in [0.15, 0.2) is 0 Å². The van der Waals surface area contributed by atoms with Crippen molar-refractivity contribution in [1.82, 2.24) is 0 Å². The molecule has 0 aliphatic rings. The van der Waals surface area contributed by atoms with Crippen LogP contribution in [-0.2, 0) is 12.4 Å². The molecule has 226 valence electrons. The van der Waals surface area contributed by atoms with Crippen molar-refractivity contribution in [2.24, 2.45) is 0 Å². The van der Waals surface area contributed by atoms with Crippen LogP contribution in [0.2, 0.25) is 0 Å². The number of carbonyl (C=O) groups excluding carboxylic acids is 2. The summed E-state index contributed by atoms with van der Waals surface area (Å²) >= 11 is 0. The maximum absolute atomic E-state index is 14.6. The Bertz CT molecular complexity index is 1490. The van der Waals surface area contributed by atoms with Crippen LogP contribution < -0.4 is 0 Å². The molecule has 0 aromatic heterocycles. The van der Waals surface area contributed by atoms with Gasteiger partial charge >= 0.3 is 12.4 Å². The summed E-state index contributed by atoms with van der Waals surface area (Å²) in [6.45, 7) is 0. The first kappa shape index (κ1) is 32.3. The van der Waals surface area contributed by atoms with Crippen LogP contribution in [0.3, 0.4) is 0 Å². The number of ketones is 2. The van der Waals surface area contributed by atoms with Gasteiger partial charge < -0.3 is 0 Å². The zero-order valence-electron chi connectivity index (χ0n) is 18.6. The van der Waals surface area contributed by atoms with Gasteiger partial charge in [0.15, 0.2) is 69.8 Å². The quantitative estimate of drug-likeness (QED) is 0.166. The van der Waals surface area contributed by atoms with Gasteiger partial charge in [-0.1, -0.05) is 0 Å². The van der Waals surface area contributed by atoms with E-state index in [0.29, 0.717) is 0 Å². The van der Waals surface area contributed by atoms with Crippen molar-refractivity contribution in [3.05, 3.63) is 103 Å². The second-order valence-corrected chi connectivity index (χ2v) is 7.67. The van der Waals surface area contributed by atoms with E-state index in [1.54, 1.807) is 0 Å². The molecule has 0 unspecified atom stereocenters. The Labute approximate surface area is 216 Å². The zero-order chi connectivity index (χ0) is 32.5. The van der Waals surface area contributed by atoms with Gasteiger partial charge in [-0.2, -0.15) is 26.3 Å². The molecule has 0 saturated carbocycles. The SMILES string of the molecule is O=C(c1c(F)c(F)c(C(=O)c2c(F)c(F)c(C(F)(F)F)c(F)c2F)c(F)c1F)c1c(F)c(F)c(C(F)(F)F)c(F)c1F. The van der Waals surface area contributed by atoms with Crippen LogP contribution in [0.5, 0.6) is 0 Å². The van der Waals surface area contributed by atoms with Gasteiger partial charge in [-0.05, 0) is 0 Å². The molecule has 3 rings (SSSR count). The molecule has 0 radical (unpaired) electrons. The maximum Gasteiger partial charge on any atom is 0.422 e. The van der Waals surface area contributed by atoms with Crippen molar-refractivity contribution in [3.63, 3.8) is 0 Å². The molecule has 3 aromatic rings. The molecule has 42 heavy (non-hydrogen) atoms. The second-order valence-electron chi connectivity index (χ2n) is 7.67. The van der Waals surface area contributed by atoms with E-state index in [1.807, 2.05) is 0 Å². The van der Waals surface area contributed by atoms with Crippen LogP contribution >= 0.6 is 0 Å². The topological polar surface area (TPSA) is 34.1 Å². The molecule has 0 fully saturated rings. The summed E-state index contributed by atoms with van der Waals surface area (Å²) in [6.07, 6.45) is -12.4. The molecular formula is C22F18O2. The van der Waals surface area contributed by atoms with Crippen molar-refractivity contribution >= 4 is 11.6 Å². The summed E-state index contributed by atoms with van der Waals surface area (Å²) in [5.41, 5.74) is -18.3. The summed E-state index contributed by atoms with van der Waals surface area (Å²) in [7, 11) is 0. The number of halogens is 18. The van der Waals surface area contributed by atoms with Crippen molar-refractivity contribution in [2.75, 3.05) is 0 Å². The third-order valence-electron chi connectivity index (χ3n) is 5.27. The van der Waals surface area contributed by atoms with E-state index >= 15 is 0 Å². The van der Waals surface area contributed by atoms with Gasteiger partial charge in [0.2, 0.25) is 11.6 Å². The largest absolute Gasteiger partial charge is 0.422 e. The van der Waals surface area contributed by atoms with Crippen molar-refractivity contribution in [1.29, 1.82) is 0 Å². The molecule has 0 atom stereocenters. The first-order chi connectivity index (χ1) is 19.0. The number of carbonyl (C=O) groups is 2. The first-order valence-corrected chi connectivity index (χ1v) is 9.81. The van der Waals surface area contributed by atoms with Crippen molar-refractivity contribution < 1.29 is 88.6 Å². The van der Waals surface area contributed by atoms with E-state index in [1.165, 1.54) is 0 Å². The lowest BCUT2D eigenvalue weighted by atomic mass is 9.93. The molecule has 0 aliphatic carbocycles. The van der Waals surface area contributed by atoms with Crippen molar-refractivity contribution in [2.45, 2.75) is 12.4 Å². The molecule has 0 N–H and O–H groups in total. The molecule has 0 aliphatic heterocycles. The highest BCUT2D eigenvalue weighted by Crippen LogP contribution is 2.40. The Kier molecular flexibility index (Phi) is 7.85. The van der Waals surface area contributed by atoms with Gasteiger partial charge in [0.1, 0.15) is 33.4 Å². The van der Waals surface area contributed by atoms with Gasteiger partial charge in [0.25, 0.3) is 0 Å². The highest BCUT2D eigenvalue weighted by molar-refractivity contribution is 6.13. The first-order valence-electron chi connectivity index (χ1n) is 9.81. The van der Waals surface area contributed by atoms with Gasteiger partial charge in [0.05, 0.1) is 0 Å². The highest BCUT2D eigenvalue weighted by Gasteiger charge is 2.46. The summed E-state index contributed by atoms with van der Waals surface area (Å²) in [6, 6.07) is 0. The average Bonchev–Trinajstić information content (AvgIpc) is 2.84. The fourth-order valence-electron chi connectivity index (χ4n) is 3.44. The van der Waals surface area contributed by atoms with Gasteiger partial charge in [0, 0.05) is 0 Å². The lowest BCUT2D eigenvalue weighted by molar-refractivity contribution is -0.144. The molecule has 2 nitrogen and oxygen atoms in total. The Hall–Kier alpha value is -4.26. The van der Waals surface area contributed by atoms with E-state index in [2.05, 4.69) is 0 Å². The van der Waals surface area contributed by atoms with Crippen LogP contribution in [0.1, 0.15) is 43.0 Å². The lowest BCUT2D eigenvalue weighted by Gasteiger charge is -2.16. The molecule has 0 bridgehead atoms. The summed E-state index contributed by atoms with van der Waals surface area (Å²) in [5, 5.41) is 0. The molecule has 3 aromatic carbocycles. The molecule has 0 spiro atoms. The summed E-state index contributed by atoms with van der Waals surface area (Å²) in [5.74, 6) is -46.2. The minimum atomic E-state index is -6.18. The van der Waals surface area contributed by atoms with E-state index in [-0.39, 0.29) is 0 Å². The molecule has 0 heterocycles. The smallest absolute Gasteiger partial charge is 0.288 e. The van der Waals surface area contributed by atoms with E-state index in [4.69, 9.17) is 0 Å². The Morgan fingerprint density at radius 1 is 0.310 bits per heavy atom. The maximum atomic E-state index is 14.6. The standard InChI is InChI=1S/C22F18O2/c23-7-1(19(41)3-11(27)15(31)5(21(35,36)37)16(32)12(3)28)8(24)10(26)2(9(7)25)20(42)4-13(29)17(33)6(22(38,39)40)18(34)14(4)30. The predicted molar refractivity (Wildman–Crippen MR) is 95.7 cm³/mol. The highest BCUT2D eigenvalue weighted by atomic mass is 19.4. The Balaban J connectivity index is 2.32. The Morgan fingerprint density at radius 3 is 0.595 bits per heavy atom. The van der Waals surface area contributed by atoms with Crippen LogP contribution in [0.25, 0.3) is 0 Å². The number of alkyl halides is 6. The fraction of sp³-hybridized carbons (Fsp3) is 0.0909. The Morgan fingerprint density at radius 2 is 0.452 bits per heavy atom. The third-order valence-corrected chi connectivity index (χ3v) is 5.27. The summed E-state index contributed by atoms with van der Waals surface area (Å²) in [4.78, 5) is 24.5. The van der Waals surface area contributed by atoms with Gasteiger partial charge in [-0.15, -0.1) is 0 Å². The normalized spacial score (nSPS) is 12.2. The zero-order valence-corrected chi connectivity index (χ0v) is 18.6. The van der Waals surface area contributed by atoms with E-state index in [0.717, 1.165) is 0 Å².